The van der Waals surface area contributed by atoms with Crippen molar-refractivity contribution in [2.24, 2.45) is 13.0 Å². The van der Waals surface area contributed by atoms with Crippen LogP contribution in [-0.2, 0) is 13.7 Å². The first kappa shape index (κ1) is 15.1. The molecule has 22 heavy (non-hydrogen) atoms. The quantitative estimate of drug-likeness (QED) is 0.853. The van der Waals surface area contributed by atoms with Gasteiger partial charge in [-0.3, -0.25) is 14.0 Å². The van der Waals surface area contributed by atoms with Gasteiger partial charge < -0.3 is 0 Å². The van der Waals surface area contributed by atoms with Gasteiger partial charge in [-0.05, 0) is 31.5 Å². The molecule has 1 aromatic carbocycles. The number of alkyl halides is 3. The van der Waals surface area contributed by atoms with E-state index in [1.807, 2.05) is 24.3 Å². The van der Waals surface area contributed by atoms with E-state index in [4.69, 9.17) is 0 Å². The largest absolute Gasteiger partial charge is 0.393 e. The Morgan fingerprint density at radius 2 is 1.91 bits per heavy atom. The first-order valence-electron chi connectivity index (χ1n) is 7.31. The Hall–Kier alpha value is -1.76. The molecule has 2 heterocycles. The number of aromatic nitrogens is 2. The molecule has 0 saturated carbocycles. The molecular weight excluding hydrogens is 295 g/mol. The van der Waals surface area contributed by atoms with Crippen molar-refractivity contribution in [2.45, 2.75) is 25.7 Å². The van der Waals surface area contributed by atoms with Crippen LogP contribution in [0.2, 0.25) is 0 Å². The molecule has 120 valence electrons. The van der Waals surface area contributed by atoms with Crippen LogP contribution in [0.15, 0.2) is 29.1 Å². The fourth-order valence-corrected chi connectivity index (χ4v) is 3.15. The fraction of sp³-hybridized carbons (Fsp3) is 0.533. The third-order valence-corrected chi connectivity index (χ3v) is 4.36. The third kappa shape index (κ3) is 2.65. The van der Waals surface area contributed by atoms with Gasteiger partial charge in [0, 0.05) is 13.6 Å². The summed E-state index contributed by atoms with van der Waals surface area (Å²) in [5.41, 5.74) is 1.34. The van der Waals surface area contributed by atoms with Gasteiger partial charge in [-0.2, -0.15) is 13.2 Å². The molecule has 0 bridgehead atoms. The molecule has 3 rings (SSSR count). The van der Waals surface area contributed by atoms with E-state index in [0.717, 1.165) is 11.0 Å². The summed E-state index contributed by atoms with van der Waals surface area (Å²) in [6, 6.07) is 7.32. The van der Waals surface area contributed by atoms with Crippen molar-refractivity contribution in [3.05, 3.63) is 34.7 Å². The van der Waals surface area contributed by atoms with Gasteiger partial charge >= 0.3 is 11.9 Å². The SMILES string of the molecule is Cn1c(=O)n(CN2CCCC(C(F)(F)F)C2)c2ccccc21. The van der Waals surface area contributed by atoms with Crippen molar-refractivity contribution in [1.29, 1.82) is 0 Å². The molecule has 1 atom stereocenters. The zero-order chi connectivity index (χ0) is 15.9. The van der Waals surface area contributed by atoms with E-state index >= 15 is 0 Å². The van der Waals surface area contributed by atoms with Gasteiger partial charge in [-0.15, -0.1) is 0 Å². The number of imidazole rings is 1. The molecule has 0 aliphatic carbocycles. The second-order valence-electron chi connectivity index (χ2n) is 5.86. The van der Waals surface area contributed by atoms with Crippen LogP contribution in [-0.4, -0.2) is 33.3 Å². The minimum absolute atomic E-state index is 0.0425. The molecule has 0 N–H and O–H groups in total. The lowest BCUT2D eigenvalue weighted by atomic mass is 9.98. The van der Waals surface area contributed by atoms with Crippen molar-refractivity contribution in [1.82, 2.24) is 14.0 Å². The lowest BCUT2D eigenvalue weighted by Gasteiger charge is -2.33. The van der Waals surface area contributed by atoms with Crippen LogP contribution in [0.5, 0.6) is 0 Å². The number of piperidine rings is 1. The zero-order valence-corrected chi connectivity index (χ0v) is 12.3. The van der Waals surface area contributed by atoms with E-state index in [2.05, 4.69) is 0 Å². The number of benzene rings is 1. The van der Waals surface area contributed by atoms with E-state index in [0.29, 0.717) is 13.0 Å². The minimum atomic E-state index is -4.16. The molecule has 4 nitrogen and oxygen atoms in total. The van der Waals surface area contributed by atoms with Crippen molar-refractivity contribution >= 4 is 11.0 Å². The maximum Gasteiger partial charge on any atom is 0.393 e. The van der Waals surface area contributed by atoms with Gasteiger partial charge in [0.05, 0.1) is 23.6 Å². The van der Waals surface area contributed by atoms with Gasteiger partial charge in [0.1, 0.15) is 0 Å². The molecule has 1 saturated heterocycles. The summed E-state index contributed by atoms with van der Waals surface area (Å²) in [5, 5.41) is 0. The summed E-state index contributed by atoms with van der Waals surface area (Å²) in [5.74, 6) is -1.30. The highest BCUT2D eigenvalue weighted by molar-refractivity contribution is 5.75. The maximum absolute atomic E-state index is 12.9. The molecule has 1 aromatic heterocycles. The molecule has 2 aromatic rings. The summed E-state index contributed by atoms with van der Waals surface area (Å²) in [4.78, 5) is 14.0. The van der Waals surface area contributed by atoms with Crippen LogP contribution in [0.3, 0.4) is 0 Å². The zero-order valence-electron chi connectivity index (χ0n) is 12.3. The van der Waals surface area contributed by atoms with Gasteiger partial charge in [-0.1, -0.05) is 12.1 Å². The number of halogens is 3. The lowest BCUT2D eigenvalue weighted by Crippen LogP contribution is -2.43. The number of likely N-dealkylation sites (tertiary alicyclic amines) is 1. The molecule has 0 spiro atoms. The molecule has 7 heteroatoms. The molecule has 1 aliphatic heterocycles. The second-order valence-corrected chi connectivity index (χ2v) is 5.86. The number of rotatable bonds is 2. The molecular formula is C15H18F3N3O. The van der Waals surface area contributed by atoms with Crippen LogP contribution >= 0.6 is 0 Å². The average Bonchev–Trinajstić information content (AvgIpc) is 2.72. The average molecular weight is 313 g/mol. The monoisotopic (exact) mass is 313 g/mol. The smallest absolute Gasteiger partial charge is 0.295 e. The number of aryl methyl sites for hydroxylation is 1. The number of fused-ring (bicyclic) bond motifs is 1. The molecule has 0 radical (unpaired) electrons. The highest BCUT2D eigenvalue weighted by atomic mass is 19.4. The Kier molecular flexibility index (Phi) is 3.76. The Morgan fingerprint density at radius 1 is 1.23 bits per heavy atom. The standard InChI is InChI=1S/C15H18F3N3O/c1-19-12-6-2-3-7-13(12)21(14(19)22)10-20-8-4-5-11(9-20)15(16,17)18/h2-3,6-7,11H,4-5,8-10H2,1H3. The van der Waals surface area contributed by atoms with Crippen molar-refractivity contribution < 1.29 is 13.2 Å². The van der Waals surface area contributed by atoms with Crippen molar-refractivity contribution in [3.63, 3.8) is 0 Å². The molecule has 1 unspecified atom stereocenters. The molecule has 1 aliphatic rings. The highest BCUT2D eigenvalue weighted by Crippen LogP contribution is 2.33. The summed E-state index contributed by atoms with van der Waals surface area (Å²) < 4.78 is 41.7. The van der Waals surface area contributed by atoms with E-state index in [1.165, 1.54) is 4.57 Å². The predicted molar refractivity (Wildman–Crippen MR) is 77.5 cm³/mol. The Balaban J connectivity index is 1.88. The summed E-state index contributed by atoms with van der Waals surface area (Å²) in [6.07, 6.45) is -3.49. The second kappa shape index (κ2) is 5.46. The first-order chi connectivity index (χ1) is 10.4. The van der Waals surface area contributed by atoms with Crippen LogP contribution in [0.25, 0.3) is 11.0 Å². The summed E-state index contributed by atoms with van der Waals surface area (Å²) in [7, 11) is 1.68. The molecule has 0 amide bonds. The van der Waals surface area contributed by atoms with Crippen LogP contribution in [0.4, 0.5) is 13.2 Å². The number of hydrogen-bond acceptors (Lipinski definition) is 2. The lowest BCUT2D eigenvalue weighted by molar-refractivity contribution is -0.188. The van der Waals surface area contributed by atoms with Crippen molar-refractivity contribution in [3.8, 4) is 0 Å². The van der Waals surface area contributed by atoms with Gasteiger partial charge in [0.2, 0.25) is 0 Å². The number of nitrogens with zero attached hydrogens (tertiary/aromatic N) is 3. The fourth-order valence-electron chi connectivity index (χ4n) is 3.15. The van der Waals surface area contributed by atoms with E-state index in [-0.39, 0.29) is 25.3 Å². The van der Waals surface area contributed by atoms with Gasteiger partial charge in [0.15, 0.2) is 0 Å². The number of para-hydroxylation sites is 2. The van der Waals surface area contributed by atoms with Crippen LogP contribution < -0.4 is 5.69 Å². The maximum atomic E-state index is 12.9. The Labute approximate surface area is 125 Å². The summed E-state index contributed by atoms with van der Waals surface area (Å²) >= 11 is 0. The Morgan fingerprint density at radius 3 is 2.59 bits per heavy atom. The Bertz CT molecular complexity index is 732. The van der Waals surface area contributed by atoms with E-state index in [9.17, 15) is 18.0 Å². The predicted octanol–water partition coefficient (Wildman–Crippen LogP) is 2.57. The van der Waals surface area contributed by atoms with E-state index < -0.39 is 12.1 Å². The number of hydrogen-bond donors (Lipinski definition) is 0. The van der Waals surface area contributed by atoms with Gasteiger partial charge in [0.25, 0.3) is 0 Å². The van der Waals surface area contributed by atoms with E-state index in [1.54, 1.807) is 16.5 Å². The third-order valence-electron chi connectivity index (χ3n) is 4.36. The highest BCUT2D eigenvalue weighted by Gasteiger charge is 2.41. The van der Waals surface area contributed by atoms with Crippen molar-refractivity contribution in [2.75, 3.05) is 13.1 Å². The van der Waals surface area contributed by atoms with Gasteiger partial charge in [-0.25, -0.2) is 4.79 Å². The summed E-state index contributed by atoms with van der Waals surface area (Å²) in [6.45, 7) is 0.744. The van der Waals surface area contributed by atoms with Crippen LogP contribution in [0.1, 0.15) is 12.8 Å². The molecule has 1 fully saturated rings. The normalized spacial score (nSPS) is 20.6. The topological polar surface area (TPSA) is 30.2 Å². The van der Waals surface area contributed by atoms with Crippen LogP contribution in [0, 0.1) is 5.92 Å². The minimum Gasteiger partial charge on any atom is -0.295 e. The first-order valence-corrected chi connectivity index (χ1v) is 7.31.